The van der Waals surface area contributed by atoms with E-state index in [1.807, 2.05) is 0 Å². The van der Waals surface area contributed by atoms with Crippen molar-refractivity contribution in [1.29, 1.82) is 0 Å². The van der Waals surface area contributed by atoms with Crippen LogP contribution in [-0.4, -0.2) is 46.0 Å². The van der Waals surface area contributed by atoms with Crippen LogP contribution in [0.5, 0.6) is 0 Å². The molecule has 4 rings (SSSR count). The highest BCUT2D eigenvalue weighted by Crippen LogP contribution is 2.28. The Balaban J connectivity index is 1.58. The Labute approximate surface area is 170 Å². The second kappa shape index (κ2) is 7.90. The molecule has 2 amide bonds. The number of amides is 2. The summed E-state index contributed by atoms with van der Waals surface area (Å²) in [6.45, 7) is 1.51. The Kier molecular flexibility index (Phi) is 5.13. The summed E-state index contributed by atoms with van der Waals surface area (Å²) >= 11 is 0. The fraction of sp³-hybridized carbons (Fsp3) is 0.200. The minimum atomic E-state index is -0.890. The molecule has 30 heavy (non-hydrogen) atoms. The summed E-state index contributed by atoms with van der Waals surface area (Å²) in [4.78, 5) is 28.4. The molecule has 154 valence electrons. The van der Waals surface area contributed by atoms with Crippen molar-refractivity contribution in [2.45, 2.75) is 13.0 Å². The van der Waals surface area contributed by atoms with Crippen molar-refractivity contribution in [3.05, 3.63) is 60.6 Å². The fourth-order valence-corrected chi connectivity index (χ4v) is 3.13. The van der Waals surface area contributed by atoms with Crippen LogP contribution in [0, 0.1) is 11.6 Å². The molecule has 3 heterocycles. The lowest BCUT2D eigenvalue weighted by Gasteiger charge is -2.15. The summed E-state index contributed by atoms with van der Waals surface area (Å²) in [5.74, 6) is -2.05. The first-order valence-electron chi connectivity index (χ1n) is 9.10. The van der Waals surface area contributed by atoms with E-state index in [1.54, 1.807) is 24.4 Å². The molecular formula is C20H17F2N5O3. The number of hydrogen-bond donors (Lipinski definition) is 1. The van der Waals surface area contributed by atoms with Gasteiger partial charge in [0, 0.05) is 37.0 Å². The van der Waals surface area contributed by atoms with Crippen molar-refractivity contribution in [1.82, 2.24) is 20.1 Å². The zero-order valence-electron chi connectivity index (χ0n) is 15.9. The maximum Gasteiger partial charge on any atom is 0.414 e. The molecule has 10 heteroatoms. The fourth-order valence-electron chi connectivity index (χ4n) is 3.13. The van der Waals surface area contributed by atoms with Crippen molar-refractivity contribution >= 4 is 17.7 Å². The minimum absolute atomic E-state index is 0.0150. The number of anilines is 1. The van der Waals surface area contributed by atoms with Gasteiger partial charge in [-0.2, -0.15) is 5.10 Å². The molecule has 3 aromatic rings. The molecule has 1 saturated heterocycles. The van der Waals surface area contributed by atoms with Crippen molar-refractivity contribution in [2.75, 3.05) is 18.0 Å². The Hall–Kier alpha value is -3.82. The molecule has 1 aliphatic heterocycles. The molecule has 1 atom stereocenters. The lowest BCUT2D eigenvalue weighted by atomic mass is 10.2. The molecule has 0 radical (unpaired) electrons. The van der Waals surface area contributed by atoms with Gasteiger partial charge in [0.15, 0.2) is 11.6 Å². The van der Waals surface area contributed by atoms with Crippen LogP contribution in [-0.2, 0) is 9.53 Å². The highest BCUT2D eigenvalue weighted by molar-refractivity contribution is 5.90. The lowest BCUT2D eigenvalue weighted by Crippen LogP contribution is -2.33. The monoisotopic (exact) mass is 413 g/mol. The maximum absolute atomic E-state index is 14.8. The molecule has 0 unspecified atom stereocenters. The number of hydrogen-bond acceptors (Lipinski definition) is 5. The predicted octanol–water partition coefficient (Wildman–Crippen LogP) is 2.67. The van der Waals surface area contributed by atoms with Gasteiger partial charge >= 0.3 is 6.09 Å². The van der Waals surface area contributed by atoms with Gasteiger partial charge in [0.05, 0.1) is 30.7 Å². The highest BCUT2D eigenvalue weighted by atomic mass is 19.1. The molecule has 1 N–H and O–H groups in total. The third-order valence-corrected chi connectivity index (χ3v) is 4.54. The van der Waals surface area contributed by atoms with Gasteiger partial charge in [-0.1, -0.05) is 6.07 Å². The normalized spacial score (nSPS) is 15.9. The van der Waals surface area contributed by atoms with Gasteiger partial charge in [0.2, 0.25) is 5.91 Å². The second-order valence-electron chi connectivity index (χ2n) is 6.70. The number of halogens is 2. The number of nitrogens with zero attached hydrogens (tertiary/aromatic N) is 4. The van der Waals surface area contributed by atoms with E-state index in [1.165, 1.54) is 19.3 Å². The Morgan fingerprint density at radius 2 is 2.07 bits per heavy atom. The number of nitrogens with one attached hydrogen (secondary N) is 1. The van der Waals surface area contributed by atoms with E-state index in [-0.39, 0.29) is 30.4 Å². The van der Waals surface area contributed by atoms with Crippen LogP contribution in [0.25, 0.3) is 16.9 Å². The molecule has 0 bridgehead atoms. The number of ether oxygens (including phenoxy) is 1. The van der Waals surface area contributed by atoms with Gasteiger partial charge in [-0.05, 0) is 12.1 Å². The van der Waals surface area contributed by atoms with E-state index in [0.717, 1.165) is 21.7 Å². The highest BCUT2D eigenvalue weighted by Gasteiger charge is 2.33. The SMILES string of the molecule is CC(=O)NC[C@H]1CN(c2cc(F)c(-n3cc(-c4ccccn4)cn3)c(F)c2)C(=O)O1. The second-order valence-corrected chi connectivity index (χ2v) is 6.70. The molecule has 0 spiro atoms. The standard InChI is InChI=1S/C20H17F2N5O3/c1-12(28)24-9-15-11-26(20(29)30-15)14-6-16(21)19(17(22)7-14)27-10-13(8-25-27)18-4-2-3-5-23-18/h2-8,10,15H,9,11H2,1H3,(H,24,28)/t15-/m0/s1. The molecule has 1 fully saturated rings. The van der Waals surface area contributed by atoms with Gasteiger partial charge in [0.1, 0.15) is 11.8 Å². The smallest absolute Gasteiger partial charge is 0.414 e. The number of carbonyl (C=O) groups is 2. The minimum Gasteiger partial charge on any atom is -0.442 e. The topological polar surface area (TPSA) is 89.4 Å². The number of rotatable bonds is 5. The molecule has 1 aromatic carbocycles. The number of carbonyl (C=O) groups excluding carboxylic acids is 2. The van der Waals surface area contributed by atoms with E-state index in [0.29, 0.717) is 11.3 Å². The summed E-state index contributed by atoms with van der Waals surface area (Å²) in [6.07, 6.45) is 3.18. The average molecular weight is 413 g/mol. The lowest BCUT2D eigenvalue weighted by molar-refractivity contribution is -0.119. The largest absolute Gasteiger partial charge is 0.442 e. The van der Waals surface area contributed by atoms with Crippen LogP contribution in [0.15, 0.2) is 48.9 Å². The van der Waals surface area contributed by atoms with Gasteiger partial charge in [-0.3, -0.25) is 14.7 Å². The quantitative estimate of drug-likeness (QED) is 0.695. The van der Waals surface area contributed by atoms with Crippen molar-refractivity contribution in [2.24, 2.45) is 0 Å². The van der Waals surface area contributed by atoms with E-state index >= 15 is 0 Å². The molecule has 8 nitrogen and oxygen atoms in total. The van der Waals surface area contributed by atoms with Gasteiger partial charge in [-0.15, -0.1) is 0 Å². The third kappa shape index (κ3) is 3.84. The molecule has 2 aromatic heterocycles. The van der Waals surface area contributed by atoms with E-state index in [2.05, 4.69) is 15.4 Å². The molecular weight excluding hydrogens is 396 g/mol. The van der Waals surface area contributed by atoms with Crippen LogP contribution in [0.2, 0.25) is 0 Å². The van der Waals surface area contributed by atoms with Crippen LogP contribution in [0.3, 0.4) is 0 Å². The number of pyridine rings is 1. The Morgan fingerprint density at radius 1 is 1.30 bits per heavy atom. The van der Waals surface area contributed by atoms with E-state index < -0.39 is 23.8 Å². The first-order chi connectivity index (χ1) is 14.4. The zero-order chi connectivity index (χ0) is 21.3. The summed E-state index contributed by atoms with van der Waals surface area (Å²) in [7, 11) is 0. The predicted molar refractivity (Wildman–Crippen MR) is 103 cm³/mol. The van der Waals surface area contributed by atoms with Crippen molar-refractivity contribution in [3.8, 4) is 16.9 Å². The van der Waals surface area contributed by atoms with Crippen molar-refractivity contribution < 1.29 is 23.1 Å². The van der Waals surface area contributed by atoms with Crippen LogP contribution < -0.4 is 10.2 Å². The third-order valence-electron chi connectivity index (χ3n) is 4.54. The van der Waals surface area contributed by atoms with Crippen molar-refractivity contribution in [3.63, 3.8) is 0 Å². The number of aromatic nitrogens is 3. The van der Waals surface area contributed by atoms with E-state index in [9.17, 15) is 18.4 Å². The molecule has 1 aliphatic rings. The zero-order valence-corrected chi connectivity index (χ0v) is 15.9. The van der Waals surface area contributed by atoms with Crippen LogP contribution in [0.1, 0.15) is 6.92 Å². The average Bonchev–Trinajstić information content (AvgIpc) is 3.33. The maximum atomic E-state index is 14.8. The summed E-state index contributed by atoms with van der Waals surface area (Å²) in [5.41, 5.74) is 0.859. The molecule has 0 aliphatic carbocycles. The first-order valence-corrected chi connectivity index (χ1v) is 9.10. The van der Waals surface area contributed by atoms with Crippen LogP contribution >= 0.6 is 0 Å². The number of cyclic esters (lactones) is 1. The number of benzene rings is 1. The Bertz CT molecular complexity index is 1080. The summed E-state index contributed by atoms with van der Waals surface area (Å²) in [5, 5.41) is 6.57. The van der Waals surface area contributed by atoms with Gasteiger partial charge in [0.25, 0.3) is 0 Å². The summed E-state index contributed by atoms with van der Waals surface area (Å²) in [6, 6.07) is 7.40. The summed E-state index contributed by atoms with van der Waals surface area (Å²) < 4.78 is 35.8. The molecule has 0 saturated carbocycles. The van der Waals surface area contributed by atoms with Crippen LogP contribution in [0.4, 0.5) is 19.3 Å². The Morgan fingerprint density at radius 3 is 2.73 bits per heavy atom. The van der Waals surface area contributed by atoms with Gasteiger partial charge in [-0.25, -0.2) is 18.3 Å². The first kappa shape index (κ1) is 19.5. The van der Waals surface area contributed by atoms with E-state index in [4.69, 9.17) is 4.74 Å². The van der Waals surface area contributed by atoms with Gasteiger partial charge < -0.3 is 10.1 Å².